The van der Waals surface area contributed by atoms with Crippen molar-refractivity contribution >= 4 is 27.5 Å². The van der Waals surface area contributed by atoms with E-state index in [0.29, 0.717) is 17.7 Å². The quantitative estimate of drug-likeness (QED) is 0.899. The lowest BCUT2D eigenvalue weighted by atomic mass is 10.1. The van der Waals surface area contributed by atoms with Gasteiger partial charge in [-0.05, 0) is 43.9 Å². The summed E-state index contributed by atoms with van der Waals surface area (Å²) >= 11 is 6.06. The number of hydrogen-bond donors (Lipinski definition) is 1. The number of carbonyl (C=O) groups excluding carboxylic acids is 1. The maximum atomic E-state index is 12.7. The summed E-state index contributed by atoms with van der Waals surface area (Å²) in [5, 5.41) is 5.37. The molecule has 0 atom stereocenters. The highest BCUT2D eigenvalue weighted by atomic mass is 35.5. The normalized spacial score (nSPS) is 15.0. The highest BCUT2D eigenvalue weighted by molar-refractivity contribution is 7.89. The van der Waals surface area contributed by atoms with Crippen LogP contribution in [-0.2, 0) is 10.0 Å². The Morgan fingerprint density at radius 1 is 1.43 bits per heavy atom. The van der Waals surface area contributed by atoms with Crippen LogP contribution in [-0.4, -0.2) is 31.8 Å². The Kier molecular flexibility index (Phi) is 4.60. The van der Waals surface area contributed by atoms with E-state index in [-0.39, 0.29) is 21.9 Å². The summed E-state index contributed by atoms with van der Waals surface area (Å²) in [6, 6.07) is 2.86. The molecule has 2 rings (SSSR count). The van der Waals surface area contributed by atoms with Gasteiger partial charge >= 0.3 is 0 Å². The first-order valence-corrected chi connectivity index (χ1v) is 8.82. The zero-order chi connectivity index (χ0) is 15.8. The van der Waals surface area contributed by atoms with E-state index >= 15 is 0 Å². The summed E-state index contributed by atoms with van der Waals surface area (Å²) in [4.78, 5) is 14.4. The van der Waals surface area contributed by atoms with E-state index in [1.54, 1.807) is 11.8 Å². The number of amides is 1. The summed E-state index contributed by atoms with van der Waals surface area (Å²) in [5.74, 6) is -0.177. The van der Waals surface area contributed by atoms with Crippen molar-refractivity contribution in [3.63, 3.8) is 0 Å². The lowest BCUT2D eigenvalue weighted by Crippen LogP contribution is -2.34. The van der Waals surface area contributed by atoms with Crippen LogP contribution in [0.25, 0.3) is 0 Å². The molecular formula is C14H19ClN2O3S. The lowest BCUT2D eigenvalue weighted by Gasteiger charge is -2.23. The van der Waals surface area contributed by atoms with Crippen molar-refractivity contribution in [1.29, 1.82) is 0 Å². The highest BCUT2D eigenvalue weighted by Crippen LogP contribution is 2.31. The molecule has 1 fully saturated rings. The van der Waals surface area contributed by atoms with Gasteiger partial charge in [0, 0.05) is 23.2 Å². The fourth-order valence-corrected chi connectivity index (χ4v) is 3.12. The molecule has 0 heterocycles. The topological polar surface area (TPSA) is 80.5 Å². The summed E-state index contributed by atoms with van der Waals surface area (Å²) in [7, 11) is -3.90. The standard InChI is InChI=1S/C14H19ClN2O3S/c1-3-6-17(10-4-5-10)14(18)12-7-11(21(16,19)20)8-13(15)9(12)2/h7-8,10H,3-6H2,1-2H3,(H2,16,19,20). The Balaban J connectivity index is 2.46. The molecule has 0 unspecified atom stereocenters. The van der Waals surface area contributed by atoms with Crippen LogP contribution in [0, 0.1) is 6.92 Å². The van der Waals surface area contributed by atoms with Gasteiger partial charge in [0.2, 0.25) is 10.0 Å². The van der Waals surface area contributed by atoms with Crippen molar-refractivity contribution in [2.24, 2.45) is 5.14 Å². The molecule has 0 aromatic heterocycles. The van der Waals surface area contributed by atoms with Crippen LogP contribution in [0.5, 0.6) is 0 Å². The molecule has 1 aliphatic rings. The minimum atomic E-state index is -3.90. The largest absolute Gasteiger partial charge is 0.336 e. The van der Waals surface area contributed by atoms with Crippen LogP contribution in [0.15, 0.2) is 17.0 Å². The number of primary sulfonamides is 1. The Hall–Kier alpha value is -1.11. The molecule has 1 saturated carbocycles. The molecule has 0 aliphatic heterocycles. The van der Waals surface area contributed by atoms with Crippen LogP contribution >= 0.6 is 11.6 Å². The van der Waals surface area contributed by atoms with Gasteiger partial charge in [-0.2, -0.15) is 0 Å². The van der Waals surface area contributed by atoms with Crippen molar-refractivity contribution in [1.82, 2.24) is 4.90 Å². The molecule has 5 nitrogen and oxygen atoms in total. The van der Waals surface area contributed by atoms with Crippen LogP contribution in [0.3, 0.4) is 0 Å². The number of hydrogen-bond acceptors (Lipinski definition) is 3. The van der Waals surface area contributed by atoms with E-state index in [0.717, 1.165) is 19.3 Å². The van der Waals surface area contributed by atoms with E-state index in [4.69, 9.17) is 16.7 Å². The first-order valence-electron chi connectivity index (χ1n) is 6.89. The van der Waals surface area contributed by atoms with Gasteiger partial charge in [0.1, 0.15) is 0 Å². The smallest absolute Gasteiger partial charge is 0.254 e. The molecule has 21 heavy (non-hydrogen) atoms. The minimum Gasteiger partial charge on any atom is -0.336 e. The minimum absolute atomic E-state index is 0.131. The molecule has 116 valence electrons. The average Bonchev–Trinajstić information content (AvgIpc) is 3.21. The zero-order valence-corrected chi connectivity index (χ0v) is 13.7. The van der Waals surface area contributed by atoms with Gasteiger partial charge in [-0.1, -0.05) is 18.5 Å². The van der Waals surface area contributed by atoms with Crippen molar-refractivity contribution in [3.8, 4) is 0 Å². The van der Waals surface area contributed by atoms with Gasteiger partial charge in [0.05, 0.1) is 4.90 Å². The third kappa shape index (κ3) is 3.56. The summed E-state index contributed by atoms with van der Waals surface area (Å²) in [6.45, 7) is 4.36. The van der Waals surface area contributed by atoms with Crippen molar-refractivity contribution in [2.45, 2.75) is 44.0 Å². The molecule has 1 amide bonds. The van der Waals surface area contributed by atoms with E-state index in [9.17, 15) is 13.2 Å². The van der Waals surface area contributed by atoms with Crippen molar-refractivity contribution < 1.29 is 13.2 Å². The number of rotatable bonds is 5. The second-order valence-electron chi connectivity index (χ2n) is 5.35. The molecule has 0 spiro atoms. The molecule has 0 saturated heterocycles. The van der Waals surface area contributed by atoms with Gasteiger partial charge in [-0.3, -0.25) is 4.79 Å². The Labute approximate surface area is 130 Å². The number of carbonyl (C=O) groups is 1. The lowest BCUT2D eigenvalue weighted by molar-refractivity contribution is 0.0742. The molecular weight excluding hydrogens is 312 g/mol. The molecule has 1 aromatic rings. The van der Waals surface area contributed by atoms with Crippen molar-refractivity contribution in [3.05, 3.63) is 28.3 Å². The van der Waals surface area contributed by atoms with Gasteiger partial charge in [0.25, 0.3) is 5.91 Å². The second kappa shape index (κ2) is 5.94. The maximum absolute atomic E-state index is 12.7. The SMILES string of the molecule is CCCN(C(=O)c1cc(S(N)(=O)=O)cc(Cl)c1C)C1CC1. The number of benzene rings is 1. The van der Waals surface area contributed by atoms with Gasteiger partial charge in [-0.25, -0.2) is 13.6 Å². The zero-order valence-electron chi connectivity index (χ0n) is 12.1. The summed E-state index contributed by atoms with van der Waals surface area (Å²) in [6.07, 6.45) is 2.84. The molecule has 0 bridgehead atoms. The fourth-order valence-electron chi connectivity index (χ4n) is 2.27. The Morgan fingerprint density at radius 3 is 2.52 bits per heavy atom. The second-order valence-corrected chi connectivity index (χ2v) is 7.32. The third-order valence-electron chi connectivity index (χ3n) is 3.59. The van der Waals surface area contributed by atoms with E-state index in [1.165, 1.54) is 12.1 Å². The number of sulfonamides is 1. The predicted molar refractivity (Wildman–Crippen MR) is 81.9 cm³/mol. The molecule has 0 radical (unpaired) electrons. The molecule has 2 N–H and O–H groups in total. The van der Waals surface area contributed by atoms with Crippen LogP contribution in [0.4, 0.5) is 0 Å². The van der Waals surface area contributed by atoms with Crippen LogP contribution < -0.4 is 5.14 Å². The van der Waals surface area contributed by atoms with Crippen LogP contribution in [0.2, 0.25) is 5.02 Å². The third-order valence-corrected chi connectivity index (χ3v) is 4.88. The van der Waals surface area contributed by atoms with Crippen LogP contribution in [0.1, 0.15) is 42.1 Å². The monoisotopic (exact) mass is 330 g/mol. The average molecular weight is 331 g/mol. The summed E-state index contributed by atoms with van der Waals surface area (Å²) in [5.41, 5.74) is 0.891. The first-order chi connectivity index (χ1) is 9.75. The fraction of sp³-hybridized carbons (Fsp3) is 0.500. The van der Waals surface area contributed by atoms with E-state index in [1.807, 2.05) is 6.92 Å². The summed E-state index contributed by atoms with van der Waals surface area (Å²) < 4.78 is 23.0. The van der Waals surface area contributed by atoms with Crippen molar-refractivity contribution in [2.75, 3.05) is 6.54 Å². The number of halogens is 1. The molecule has 1 aromatic carbocycles. The Bertz CT molecular complexity index is 669. The number of nitrogens with zero attached hydrogens (tertiary/aromatic N) is 1. The molecule has 1 aliphatic carbocycles. The predicted octanol–water partition coefficient (Wildman–Crippen LogP) is 2.31. The molecule has 7 heteroatoms. The van der Waals surface area contributed by atoms with E-state index in [2.05, 4.69) is 0 Å². The highest BCUT2D eigenvalue weighted by Gasteiger charge is 2.33. The van der Waals surface area contributed by atoms with Gasteiger partial charge < -0.3 is 4.90 Å². The van der Waals surface area contributed by atoms with Gasteiger partial charge in [0.15, 0.2) is 0 Å². The maximum Gasteiger partial charge on any atom is 0.254 e. The first kappa shape index (κ1) is 16.3. The van der Waals surface area contributed by atoms with E-state index < -0.39 is 10.0 Å². The van der Waals surface area contributed by atoms with Gasteiger partial charge in [-0.15, -0.1) is 0 Å². The number of nitrogens with two attached hydrogens (primary N) is 1. The Morgan fingerprint density at radius 2 is 2.05 bits per heavy atom.